The van der Waals surface area contributed by atoms with Gasteiger partial charge in [-0.2, -0.15) is 13.2 Å². The Hall–Kier alpha value is -2.21. The highest BCUT2D eigenvalue weighted by Crippen LogP contribution is 2.37. The number of sulfonamides is 1. The van der Waals surface area contributed by atoms with Crippen molar-refractivity contribution in [1.29, 1.82) is 0 Å². The number of benzene rings is 2. The van der Waals surface area contributed by atoms with Crippen molar-refractivity contribution in [2.75, 3.05) is 24.2 Å². The quantitative estimate of drug-likeness (QED) is 0.500. The standard InChI is InChI=1S/C21H21Cl3F3N3O4S/c1-12(20(32)28-2)29(10-13-4-5-14(22)8-18(13)24)19(31)11-30(35(3,33)34)15-6-7-17(23)16(9-15)21(25,26)27/h4-9,12H,10-11H2,1-3H3,(H,28,32). The number of alkyl halides is 3. The topological polar surface area (TPSA) is 86.8 Å². The van der Waals surface area contributed by atoms with E-state index in [0.717, 1.165) is 23.3 Å². The maximum Gasteiger partial charge on any atom is 0.417 e. The average Bonchev–Trinajstić information content (AvgIpc) is 2.74. The highest BCUT2D eigenvalue weighted by molar-refractivity contribution is 7.92. The van der Waals surface area contributed by atoms with Crippen molar-refractivity contribution in [3.8, 4) is 0 Å². The molecule has 7 nitrogen and oxygen atoms in total. The van der Waals surface area contributed by atoms with Gasteiger partial charge in [-0.15, -0.1) is 0 Å². The van der Waals surface area contributed by atoms with Crippen LogP contribution in [0.3, 0.4) is 0 Å². The van der Waals surface area contributed by atoms with E-state index in [9.17, 15) is 31.2 Å². The summed E-state index contributed by atoms with van der Waals surface area (Å²) in [6, 6.07) is 5.89. The molecule has 0 bridgehead atoms. The molecule has 1 unspecified atom stereocenters. The second-order valence-corrected chi connectivity index (χ2v) is 10.6. The van der Waals surface area contributed by atoms with Gasteiger partial charge in [0.15, 0.2) is 0 Å². The Kier molecular flexibility index (Phi) is 9.32. The molecule has 2 amide bonds. The predicted octanol–water partition coefficient (Wildman–Crippen LogP) is 4.59. The molecule has 0 radical (unpaired) electrons. The van der Waals surface area contributed by atoms with E-state index in [2.05, 4.69) is 5.32 Å². The van der Waals surface area contributed by atoms with Gasteiger partial charge in [0.25, 0.3) is 0 Å². The minimum absolute atomic E-state index is 0.199. The molecule has 1 N–H and O–H groups in total. The molecule has 35 heavy (non-hydrogen) atoms. The van der Waals surface area contributed by atoms with Crippen LogP contribution >= 0.6 is 34.8 Å². The Morgan fingerprint density at radius 2 is 1.69 bits per heavy atom. The third-order valence-corrected chi connectivity index (χ3v) is 7.05. The van der Waals surface area contributed by atoms with Crippen molar-refractivity contribution in [2.45, 2.75) is 25.7 Å². The van der Waals surface area contributed by atoms with E-state index in [0.29, 0.717) is 21.0 Å². The minimum atomic E-state index is -4.86. The van der Waals surface area contributed by atoms with Gasteiger partial charge in [-0.25, -0.2) is 8.42 Å². The summed E-state index contributed by atoms with van der Waals surface area (Å²) in [5.74, 6) is -1.42. The van der Waals surface area contributed by atoms with Crippen LogP contribution in [-0.4, -0.2) is 51.0 Å². The van der Waals surface area contributed by atoms with Gasteiger partial charge in [0.1, 0.15) is 12.6 Å². The largest absolute Gasteiger partial charge is 0.417 e. The van der Waals surface area contributed by atoms with E-state index in [1.807, 2.05) is 0 Å². The van der Waals surface area contributed by atoms with Gasteiger partial charge < -0.3 is 10.2 Å². The highest BCUT2D eigenvalue weighted by Gasteiger charge is 2.35. The van der Waals surface area contributed by atoms with Crippen LogP contribution in [0.2, 0.25) is 15.1 Å². The molecule has 192 valence electrons. The molecule has 1 atom stereocenters. The molecule has 0 spiro atoms. The molecule has 0 fully saturated rings. The lowest BCUT2D eigenvalue weighted by molar-refractivity contribution is -0.139. The fourth-order valence-electron chi connectivity index (χ4n) is 3.12. The number of likely N-dealkylation sites (N-methyl/N-ethyl adjacent to an activating group) is 1. The summed E-state index contributed by atoms with van der Waals surface area (Å²) in [5.41, 5.74) is -1.27. The molecule has 0 heterocycles. The van der Waals surface area contributed by atoms with E-state index < -0.39 is 56.9 Å². The molecule has 0 saturated heterocycles. The van der Waals surface area contributed by atoms with Gasteiger partial charge in [0, 0.05) is 23.6 Å². The zero-order valence-corrected chi connectivity index (χ0v) is 21.7. The van der Waals surface area contributed by atoms with Crippen molar-refractivity contribution in [3.63, 3.8) is 0 Å². The molecule has 2 rings (SSSR count). The summed E-state index contributed by atoms with van der Waals surface area (Å²) < 4.78 is 65.4. The zero-order chi connectivity index (χ0) is 26.7. The van der Waals surface area contributed by atoms with E-state index >= 15 is 0 Å². The number of carbonyl (C=O) groups is 2. The van der Waals surface area contributed by atoms with Crippen LogP contribution in [0.4, 0.5) is 18.9 Å². The molecular formula is C21H21Cl3F3N3O4S. The van der Waals surface area contributed by atoms with Crippen molar-refractivity contribution < 1.29 is 31.2 Å². The normalized spacial score (nSPS) is 12.7. The van der Waals surface area contributed by atoms with E-state index in [4.69, 9.17) is 34.8 Å². The van der Waals surface area contributed by atoms with Crippen molar-refractivity contribution in [3.05, 3.63) is 62.6 Å². The Morgan fingerprint density at radius 1 is 1.06 bits per heavy atom. The molecule has 2 aromatic carbocycles. The minimum Gasteiger partial charge on any atom is -0.357 e. The first kappa shape index (κ1) is 29.0. The van der Waals surface area contributed by atoms with Crippen molar-refractivity contribution >= 4 is 62.3 Å². The first-order valence-electron chi connectivity index (χ1n) is 9.85. The fourth-order valence-corrected chi connectivity index (χ4v) is 4.66. The summed E-state index contributed by atoms with van der Waals surface area (Å²) in [4.78, 5) is 26.7. The molecule has 14 heteroatoms. The van der Waals surface area contributed by atoms with E-state index in [-0.39, 0.29) is 11.6 Å². The molecule has 0 aliphatic heterocycles. The third kappa shape index (κ3) is 7.39. The van der Waals surface area contributed by atoms with Crippen LogP contribution < -0.4 is 9.62 Å². The molecule has 0 aliphatic rings. The number of rotatable bonds is 8. The Balaban J connectivity index is 2.50. The van der Waals surface area contributed by atoms with Crippen LogP contribution in [0, 0.1) is 0 Å². The van der Waals surface area contributed by atoms with Crippen LogP contribution in [0.5, 0.6) is 0 Å². The summed E-state index contributed by atoms with van der Waals surface area (Å²) >= 11 is 17.7. The van der Waals surface area contributed by atoms with E-state index in [1.54, 1.807) is 0 Å². The number of amides is 2. The van der Waals surface area contributed by atoms with Crippen molar-refractivity contribution in [1.82, 2.24) is 10.2 Å². The van der Waals surface area contributed by atoms with Gasteiger partial charge in [0.2, 0.25) is 21.8 Å². The molecule has 0 saturated carbocycles. The summed E-state index contributed by atoms with van der Waals surface area (Å²) in [7, 11) is -2.88. The average molecular weight is 575 g/mol. The number of carbonyl (C=O) groups excluding carboxylic acids is 2. The first-order valence-corrected chi connectivity index (χ1v) is 12.8. The number of anilines is 1. The second-order valence-electron chi connectivity index (χ2n) is 7.48. The summed E-state index contributed by atoms with van der Waals surface area (Å²) in [6.45, 7) is 0.329. The summed E-state index contributed by atoms with van der Waals surface area (Å²) in [6.07, 6.45) is -4.11. The van der Waals surface area contributed by atoms with Crippen LogP contribution in [-0.2, 0) is 32.3 Å². The smallest absolute Gasteiger partial charge is 0.357 e. The van der Waals surface area contributed by atoms with Gasteiger partial charge in [-0.1, -0.05) is 40.9 Å². The molecule has 2 aromatic rings. The highest BCUT2D eigenvalue weighted by atomic mass is 35.5. The first-order chi connectivity index (χ1) is 16.1. The molecule has 0 aromatic heterocycles. The van der Waals surface area contributed by atoms with Crippen LogP contribution in [0.15, 0.2) is 36.4 Å². The van der Waals surface area contributed by atoms with Gasteiger partial charge in [0.05, 0.1) is 22.5 Å². The number of nitrogens with one attached hydrogen (secondary N) is 1. The Bertz CT molecular complexity index is 1230. The monoisotopic (exact) mass is 573 g/mol. The van der Waals surface area contributed by atoms with Crippen LogP contribution in [0.25, 0.3) is 0 Å². The predicted molar refractivity (Wildman–Crippen MR) is 129 cm³/mol. The van der Waals surface area contributed by atoms with Gasteiger partial charge in [-0.05, 0) is 42.8 Å². The van der Waals surface area contributed by atoms with Gasteiger partial charge in [-0.3, -0.25) is 13.9 Å². The SMILES string of the molecule is CNC(=O)C(C)N(Cc1ccc(Cl)cc1Cl)C(=O)CN(c1ccc(Cl)c(C(F)(F)F)c1)S(C)(=O)=O. The lowest BCUT2D eigenvalue weighted by atomic mass is 10.1. The molecule has 0 aliphatic carbocycles. The summed E-state index contributed by atoms with van der Waals surface area (Å²) in [5, 5.41) is 2.30. The Morgan fingerprint density at radius 3 is 2.20 bits per heavy atom. The van der Waals surface area contributed by atoms with Crippen molar-refractivity contribution in [2.24, 2.45) is 0 Å². The number of halogens is 6. The lowest BCUT2D eigenvalue weighted by Gasteiger charge is -2.31. The van der Waals surface area contributed by atoms with Crippen LogP contribution in [0.1, 0.15) is 18.1 Å². The zero-order valence-electron chi connectivity index (χ0n) is 18.7. The lowest BCUT2D eigenvalue weighted by Crippen LogP contribution is -2.50. The Labute approximate surface area is 215 Å². The van der Waals surface area contributed by atoms with E-state index in [1.165, 1.54) is 32.2 Å². The molecular weight excluding hydrogens is 554 g/mol. The number of hydrogen-bond donors (Lipinski definition) is 1. The number of hydrogen-bond acceptors (Lipinski definition) is 4. The second kappa shape index (κ2) is 11.2. The number of nitrogens with zero attached hydrogens (tertiary/aromatic N) is 2. The maximum atomic E-state index is 13.3. The van der Waals surface area contributed by atoms with Gasteiger partial charge >= 0.3 is 6.18 Å². The maximum absolute atomic E-state index is 13.3. The fraction of sp³-hybridized carbons (Fsp3) is 0.333. The third-order valence-electron chi connectivity index (χ3n) is 4.99.